The van der Waals surface area contributed by atoms with Crippen LogP contribution >= 0.6 is 24.4 Å². The van der Waals surface area contributed by atoms with Gasteiger partial charge >= 0.3 is 37.7 Å². The quantitative estimate of drug-likeness (QED) is 0.437. The first-order valence-electron chi connectivity index (χ1n) is 5.20. The van der Waals surface area contributed by atoms with Gasteiger partial charge in [-0.05, 0) is 12.8 Å². The Morgan fingerprint density at radius 3 is 1.18 bits per heavy atom. The average molecular weight is 337 g/mol. The fraction of sp³-hybridized carbons (Fsp3) is 0.800. The molecule has 0 aromatic heterocycles. The van der Waals surface area contributed by atoms with E-state index in [-0.39, 0.29) is 37.7 Å². The summed E-state index contributed by atoms with van der Waals surface area (Å²) in [7, 11) is 3.83. The second-order valence-corrected chi connectivity index (χ2v) is 5.44. The van der Waals surface area contributed by atoms with Gasteiger partial charge in [0.05, 0.1) is 0 Å². The van der Waals surface area contributed by atoms with Crippen molar-refractivity contribution >= 4 is 96.1 Å². The monoisotopic (exact) mass is 336 g/mol. The molecule has 0 saturated heterocycles. The third kappa shape index (κ3) is 17.5. The van der Waals surface area contributed by atoms with Crippen LogP contribution in [0.1, 0.15) is 26.7 Å². The van der Waals surface area contributed by atoms with E-state index in [1.165, 1.54) is 0 Å². The number of hydrogen-bond donors (Lipinski definition) is 0. The van der Waals surface area contributed by atoms with Gasteiger partial charge in [0.1, 0.15) is 0 Å². The van der Waals surface area contributed by atoms with Crippen LogP contribution in [0.5, 0.6) is 0 Å². The fourth-order valence-electron chi connectivity index (χ4n) is 0.853. The van der Waals surface area contributed by atoms with Crippen molar-refractivity contribution in [3.8, 4) is 0 Å². The molecule has 0 N–H and O–H groups in total. The first kappa shape index (κ1) is 23.6. The van der Waals surface area contributed by atoms with Crippen LogP contribution in [0.2, 0.25) is 0 Å². The molecular weight excluding hydrogens is 316 g/mol. The first-order chi connectivity index (χ1) is 7.36. The third-order valence-electron chi connectivity index (χ3n) is 1.74. The van der Waals surface area contributed by atoms with Gasteiger partial charge in [-0.1, -0.05) is 22.5 Å². The topological polar surface area (TPSA) is 6.48 Å². The van der Waals surface area contributed by atoms with Gasteiger partial charge in [-0.2, -0.15) is 0 Å². The largest absolute Gasteiger partial charge is 2.00 e. The van der Waals surface area contributed by atoms with Crippen LogP contribution in [-0.4, -0.2) is 83.4 Å². The summed E-state index contributed by atoms with van der Waals surface area (Å²) in [5.74, 6) is 0. The van der Waals surface area contributed by atoms with Crippen molar-refractivity contribution in [2.45, 2.75) is 26.7 Å². The Balaban J connectivity index is -0.000000218. The molecular formula is C10H20CaN2S4. The van der Waals surface area contributed by atoms with Gasteiger partial charge in [0.25, 0.3) is 0 Å². The van der Waals surface area contributed by atoms with Gasteiger partial charge in [0, 0.05) is 27.2 Å². The van der Waals surface area contributed by atoms with E-state index in [1.54, 1.807) is 0 Å². The Bertz CT molecular complexity index is 192. The van der Waals surface area contributed by atoms with E-state index in [2.05, 4.69) is 13.8 Å². The van der Waals surface area contributed by atoms with E-state index in [0.29, 0.717) is 8.64 Å². The second kappa shape index (κ2) is 15.5. The normalized spacial score (nSPS) is 8.24. The van der Waals surface area contributed by atoms with Crippen molar-refractivity contribution in [1.29, 1.82) is 0 Å². The third-order valence-corrected chi connectivity index (χ3v) is 2.99. The zero-order valence-electron chi connectivity index (χ0n) is 11.1. The Labute approximate surface area is 158 Å². The van der Waals surface area contributed by atoms with Gasteiger partial charge in [-0.25, -0.2) is 0 Å². The zero-order chi connectivity index (χ0) is 13.1. The predicted octanol–water partition coefficient (Wildman–Crippen LogP) is 1.94. The molecule has 17 heavy (non-hydrogen) atoms. The van der Waals surface area contributed by atoms with Crippen molar-refractivity contribution in [3.05, 3.63) is 0 Å². The minimum Gasteiger partial charge on any atom is -0.411 e. The summed E-state index contributed by atoms with van der Waals surface area (Å²) < 4.78 is 1.12. The molecule has 0 aliphatic rings. The molecule has 0 radical (unpaired) electrons. The van der Waals surface area contributed by atoms with Crippen LogP contribution in [0.25, 0.3) is 0 Å². The molecule has 0 unspecified atom stereocenters. The maximum Gasteiger partial charge on any atom is 2.00 e. The minimum atomic E-state index is 0. The molecule has 0 atom stereocenters. The van der Waals surface area contributed by atoms with Crippen molar-refractivity contribution in [3.63, 3.8) is 0 Å². The van der Waals surface area contributed by atoms with Crippen LogP contribution in [-0.2, 0) is 25.3 Å². The van der Waals surface area contributed by atoms with Crippen LogP contribution in [0.15, 0.2) is 0 Å². The molecule has 0 rings (SSSR count). The molecule has 0 spiro atoms. The van der Waals surface area contributed by atoms with Crippen LogP contribution in [0, 0.1) is 0 Å². The standard InChI is InChI=1S/2C5H11NS2.Ca/c2*1-3-4-6(2)5(7)8;/h2*3-4H2,1-2H3,(H,7,8);/q;;+2/p-2. The summed E-state index contributed by atoms with van der Waals surface area (Å²) in [5.41, 5.74) is 0. The molecule has 0 amide bonds. The summed E-state index contributed by atoms with van der Waals surface area (Å²) in [5, 5.41) is 0. The molecule has 0 fully saturated rings. The molecule has 0 heterocycles. The Morgan fingerprint density at radius 2 is 1.12 bits per heavy atom. The van der Waals surface area contributed by atoms with Gasteiger partial charge in [-0.3, -0.25) is 0 Å². The molecule has 0 aromatic rings. The molecule has 0 bridgehead atoms. The molecule has 96 valence electrons. The fourth-order valence-corrected chi connectivity index (χ4v) is 1.22. The Morgan fingerprint density at radius 1 is 0.882 bits per heavy atom. The SMILES string of the molecule is CCCN(C)C(=S)[S-].CCCN(C)C(=S)[S-].[Ca+2]. The average Bonchev–Trinajstić information content (AvgIpc) is 2.19. The van der Waals surface area contributed by atoms with E-state index in [9.17, 15) is 0 Å². The van der Waals surface area contributed by atoms with Gasteiger partial charge in [-0.15, -0.1) is 0 Å². The van der Waals surface area contributed by atoms with Crippen molar-refractivity contribution in [2.75, 3.05) is 27.2 Å². The number of hydrogen-bond acceptors (Lipinski definition) is 4. The second-order valence-electron chi connectivity index (χ2n) is 3.37. The summed E-state index contributed by atoms with van der Waals surface area (Å²) in [6.45, 7) is 6.15. The van der Waals surface area contributed by atoms with Crippen molar-refractivity contribution in [2.24, 2.45) is 0 Å². The molecule has 0 aliphatic heterocycles. The Kier molecular flexibility index (Phi) is 21.5. The Hall–Kier alpha value is 1.48. The molecule has 0 aliphatic carbocycles. The minimum absolute atomic E-state index is 0. The number of rotatable bonds is 4. The van der Waals surface area contributed by atoms with Crippen LogP contribution < -0.4 is 0 Å². The molecule has 0 saturated carbocycles. The predicted molar refractivity (Wildman–Crippen MR) is 91.5 cm³/mol. The smallest absolute Gasteiger partial charge is 0.411 e. The summed E-state index contributed by atoms with van der Waals surface area (Å²) >= 11 is 18.9. The summed E-state index contributed by atoms with van der Waals surface area (Å²) in [6.07, 6.45) is 2.21. The van der Waals surface area contributed by atoms with Gasteiger partial charge in [0.15, 0.2) is 0 Å². The van der Waals surface area contributed by atoms with E-state index in [1.807, 2.05) is 23.9 Å². The van der Waals surface area contributed by atoms with E-state index < -0.39 is 0 Å². The van der Waals surface area contributed by atoms with Gasteiger partial charge in [0.2, 0.25) is 0 Å². The maximum atomic E-state index is 4.72. The first-order valence-corrected chi connectivity index (χ1v) is 6.84. The molecule has 2 nitrogen and oxygen atoms in total. The van der Waals surface area contributed by atoms with Crippen molar-refractivity contribution < 1.29 is 0 Å². The number of nitrogens with zero attached hydrogens (tertiary/aromatic N) is 2. The zero-order valence-corrected chi connectivity index (χ0v) is 16.5. The van der Waals surface area contributed by atoms with E-state index in [0.717, 1.165) is 25.9 Å². The van der Waals surface area contributed by atoms with Crippen molar-refractivity contribution in [1.82, 2.24) is 9.80 Å². The van der Waals surface area contributed by atoms with E-state index in [4.69, 9.17) is 49.7 Å². The van der Waals surface area contributed by atoms with E-state index >= 15 is 0 Å². The number of thiocarbonyl (C=S) groups is 2. The molecule has 7 heteroatoms. The van der Waals surface area contributed by atoms with Crippen LogP contribution in [0.3, 0.4) is 0 Å². The maximum absolute atomic E-state index is 4.72. The van der Waals surface area contributed by atoms with Crippen LogP contribution in [0.4, 0.5) is 0 Å². The molecule has 0 aromatic carbocycles. The summed E-state index contributed by atoms with van der Waals surface area (Å²) in [6, 6.07) is 0. The summed E-state index contributed by atoms with van der Waals surface area (Å²) in [4.78, 5) is 3.79. The van der Waals surface area contributed by atoms with Gasteiger partial charge < -0.3 is 59.5 Å².